The molecule has 19 heavy (non-hydrogen) atoms. The standard InChI is InChI=1S/C17H25NO/c1-13(2)14(3)18-16(19)17(11-7-8-12-17)15-9-5-4-6-10-15/h4-6,9-10,13-14H,7-8,11-12H2,1-3H3,(H,18,19)/t14-/m0/s1. The second-order valence-electron chi connectivity index (χ2n) is 6.16. The van der Waals surface area contributed by atoms with Crippen molar-refractivity contribution in [2.45, 2.75) is 57.9 Å². The number of rotatable bonds is 4. The summed E-state index contributed by atoms with van der Waals surface area (Å²) < 4.78 is 0. The molecule has 104 valence electrons. The summed E-state index contributed by atoms with van der Waals surface area (Å²) in [5, 5.41) is 3.22. The highest BCUT2D eigenvalue weighted by molar-refractivity contribution is 5.88. The van der Waals surface area contributed by atoms with Crippen LogP contribution >= 0.6 is 0 Å². The number of hydrogen-bond acceptors (Lipinski definition) is 1. The molecule has 2 nitrogen and oxygen atoms in total. The van der Waals surface area contributed by atoms with Gasteiger partial charge in [-0.05, 0) is 31.2 Å². The maximum Gasteiger partial charge on any atom is 0.230 e. The van der Waals surface area contributed by atoms with Gasteiger partial charge >= 0.3 is 0 Å². The van der Waals surface area contributed by atoms with E-state index in [-0.39, 0.29) is 17.4 Å². The zero-order valence-electron chi connectivity index (χ0n) is 12.3. The molecule has 1 aromatic rings. The predicted molar refractivity (Wildman–Crippen MR) is 79.0 cm³/mol. The molecular weight excluding hydrogens is 234 g/mol. The summed E-state index contributed by atoms with van der Waals surface area (Å²) in [6, 6.07) is 10.5. The highest BCUT2D eigenvalue weighted by Crippen LogP contribution is 2.41. The fraction of sp³-hybridized carbons (Fsp3) is 0.588. The van der Waals surface area contributed by atoms with Gasteiger partial charge in [-0.2, -0.15) is 0 Å². The summed E-state index contributed by atoms with van der Waals surface area (Å²) in [5.41, 5.74) is 0.894. The van der Waals surface area contributed by atoms with Crippen molar-refractivity contribution in [2.75, 3.05) is 0 Å². The summed E-state index contributed by atoms with van der Waals surface area (Å²) >= 11 is 0. The highest BCUT2D eigenvalue weighted by Gasteiger charge is 2.42. The van der Waals surface area contributed by atoms with Gasteiger partial charge in [0, 0.05) is 6.04 Å². The molecule has 2 heteroatoms. The van der Waals surface area contributed by atoms with E-state index in [1.165, 1.54) is 5.56 Å². The van der Waals surface area contributed by atoms with Crippen LogP contribution in [-0.4, -0.2) is 11.9 Å². The van der Waals surface area contributed by atoms with Gasteiger partial charge in [0.25, 0.3) is 0 Å². The number of hydrogen-bond donors (Lipinski definition) is 1. The van der Waals surface area contributed by atoms with E-state index < -0.39 is 0 Å². The third-order valence-electron chi connectivity index (χ3n) is 4.58. The van der Waals surface area contributed by atoms with Gasteiger partial charge in [0.15, 0.2) is 0 Å². The van der Waals surface area contributed by atoms with Crippen LogP contribution in [0.15, 0.2) is 30.3 Å². The van der Waals surface area contributed by atoms with E-state index in [1.807, 2.05) is 18.2 Å². The molecule has 0 spiro atoms. The average molecular weight is 259 g/mol. The predicted octanol–water partition coefficient (Wildman–Crippen LogP) is 3.66. The van der Waals surface area contributed by atoms with Crippen molar-refractivity contribution < 1.29 is 4.79 Å². The third-order valence-corrected chi connectivity index (χ3v) is 4.58. The van der Waals surface area contributed by atoms with Crippen molar-refractivity contribution in [1.29, 1.82) is 0 Å². The lowest BCUT2D eigenvalue weighted by Crippen LogP contribution is -2.47. The van der Waals surface area contributed by atoms with Crippen LogP contribution in [-0.2, 0) is 10.2 Å². The van der Waals surface area contributed by atoms with E-state index in [0.717, 1.165) is 25.7 Å². The number of nitrogens with one attached hydrogen (secondary N) is 1. The molecule has 0 aliphatic heterocycles. The van der Waals surface area contributed by atoms with Crippen molar-refractivity contribution >= 4 is 5.91 Å². The van der Waals surface area contributed by atoms with Gasteiger partial charge < -0.3 is 5.32 Å². The first-order valence-corrected chi connectivity index (χ1v) is 7.43. The van der Waals surface area contributed by atoms with Crippen molar-refractivity contribution in [2.24, 2.45) is 5.92 Å². The van der Waals surface area contributed by atoms with Gasteiger partial charge in [-0.25, -0.2) is 0 Å². The van der Waals surface area contributed by atoms with Gasteiger partial charge in [-0.15, -0.1) is 0 Å². The van der Waals surface area contributed by atoms with Crippen LogP contribution in [0.5, 0.6) is 0 Å². The second kappa shape index (κ2) is 5.77. The van der Waals surface area contributed by atoms with Crippen LogP contribution in [0.25, 0.3) is 0 Å². The minimum absolute atomic E-state index is 0.220. The normalized spacial score (nSPS) is 19.4. The molecule has 0 unspecified atom stereocenters. The van der Waals surface area contributed by atoms with Gasteiger partial charge in [0.05, 0.1) is 5.41 Å². The molecule has 2 rings (SSSR count). The maximum absolute atomic E-state index is 12.8. The summed E-state index contributed by atoms with van der Waals surface area (Å²) in [6.07, 6.45) is 4.26. The smallest absolute Gasteiger partial charge is 0.230 e. The molecule has 1 saturated carbocycles. The Morgan fingerprint density at radius 1 is 1.11 bits per heavy atom. The van der Waals surface area contributed by atoms with E-state index in [2.05, 4.69) is 38.2 Å². The highest BCUT2D eigenvalue weighted by atomic mass is 16.2. The summed E-state index contributed by atoms with van der Waals surface area (Å²) in [7, 11) is 0. The summed E-state index contributed by atoms with van der Waals surface area (Å²) in [5.74, 6) is 0.690. The maximum atomic E-state index is 12.8. The Morgan fingerprint density at radius 2 is 1.68 bits per heavy atom. The van der Waals surface area contributed by atoms with Crippen LogP contribution in [0.1, 0.15) is 52.0 Å². The minimum atomic E-state index is -0.287. The molecule has 1 aliphatic rings. The van der Waals surface area contributed by atoms with Gasteiger partial charge in [0.2, 0.25) is 5.91 Å². The molecule has 1 atom stereocenters. The number of carbonyl (C=O) groups is 1. The third kappa shape index (κ3) is 2.83. The average Bonchev–Trinajstić information content (AvgIpc) is 2.90. The Morgan fingerprint density at radius 3 is 2.21 bits per heavy atom. The van der Waals surface area contributed by atoms with Crippen molar-refractivity contribution in [1.82, 2.24) is 5.32 Å². The molecular formula is C17H25NO. The molecule has 0 aromatic heterocycles. The molecule has 1 aromatic carbocycles. The van der Waals surface area contributed by atoms with Gasteiger partial charge in [-0.3, -0.25) is 4.79 Å². The first-order valence-electron chi connectivity index (χ1n) is 7.43. The molecule has 1 amide bonds. The lowest BCUT2D eigenvalue weighted by Gasteiger charge is -2.31. The van der Waals surface area contributed by atoms with Crippen molar-refractivity contribution in [3.05, 3.63) is 35.9 Å². The Hall–Kier alpha value is -1.31. The number of amides is 1. The van der Waals surface area contributed by atoms with Gasteiger partial charge in [-0.1, -0.05) is 57.0 Å². The Kier molecular flexibility index (Phi) is 4.28. The number of carbonyl (C=O) groups excluding carboxylic acids is 1. The quantitative estimate of drug-likeness (QED) is 0.878. The fourth-order valence-corrected chi connectivity index (χ4v) is 2.89. The van der Waals surface area contributed by atoms with Crippen molar-refractivity contribution in [3.8, 4) is 0 Å². The summed E-state index contributed by atoms with van der Waals surface area (Å²) in [4.78, 5) is 12.8. The van der Waals surface area contributed by atoms with Crippen LogP contribution in [0, 0.1) is 5.92 Å². The molecule has 0 saturated heterocycles. The van der Waals surface area contributed by atoms with Crippen LogP contribution in [0.3, 0.4) is 0 Å². The zero-order chi connectivity index (χ0) is 13.9. The molecule has 0 heterocycles. The second-order valence-corrected chi connectivity index (χ2v) is 6.16. The van der Waals surface area contributed by atoms with E-state index in [4.69, 9.17) is 0 Å². The van der Waals surface area contributed by atoms with Crippen molar-refractivity contribution in [3.63, 3.8) is 0 Å². The Bertz CT molecular complexity index is 418. The Labute approximate surface area is 116 Å². The molecule has 1 N–H and O–H groups in total. The zero-order valence-corrected chi connectivity index (χ0v) is 12.3. The largest absolute Gasteiger partial charge is 0.353 e. The fourth-order valence-electron chi connectivity index (χ4n) is 2.89. The van der Waals surface area contributed by atoms with Crippen LogP contribution in [0.2, 0.25) is 0 Å². The van der Waals surface area contributed by atoms with E-state index in [1.54, 1.807) is 0 Å². The summed E-state index contributed by atoms with van der Waals surface area (Å²) in [6.45, 7) is 6.39. The van der Waals surface area contributed by atoms with E-state index in [9.17, 15) is 4.79 Å². The topological polar surface area (TPSA) is 29.1 Å². The van der Waals surface area contributed by atoms with Crippen LogP contribution in [0.4, 0.5) is 0 Å². The molecule has 1 aliphatic carbocycles. The first kappa shape index (κ1) is 14.1. The molecule has 1 fully saturated rings. The number of benzene rings is 1. The Balaban J connectivity index is 2.23. The monoisotopic (exact) mass is 259 g/mol. The minimum Gasteiger partial charge on any atom is -0.353 e. The first-order chi connectivity index (χ1) is 9.06. The molecule has 0 radical (unpaired) electrons. The van der Waals surface area contributed by atoms with Crippen LogP contribution < -0.4 is 5.32 Å². The van der Waals surface area contributed by atoms with Gasteiger partial charge in [0.1, 0.15) is 0 Å². The lowest BCUT2D eigenvalue weighted by molar-refractivity contribution is -0.127. The molecule has 0 bridgehead atoms. The lowest BCUT2D eigenvalue weighted by atomic mass is 9.77. The SMILES string of the molecule is CC(C)[C@H](C)NC(=O)C1(c2ccccc2)CCCC1. The van der Waals surface area contributed by atoms with E-state index in [0.29, 0.717) is 5.92 Å². The van der Waals surface area contributed by atoms with E-state index >= 15 is 0 Å².